The van der Waals surface area contributed by atoms with Crippen molar-refractivity contribution in [3.8, 4) is 0 Å². The zero-order valence-electron chi connectivity index (χ0n) is 10.7. The predicted molar refractivity (Wildman–Crippen MR) is 67.3 cm³/mol. The van der Waals surface area contributed by atoms with E-state index in [2.05, 4.69) is 4.98 Å². The molecule has 0 saturated heterocycles. The summed E-state index contributed by atoms with van der Waals surface area (Å²) in [6.45, 7) is 4.03. The summed E-state index contributed by atoms with van der Waals surface area (Å²) in [5, 5.41) is 0. The van der Waals surface area contributed by atoms with E-state index in [1.54, 1.807) is 19.3 Å². The Labute approximate surface area is 102 Å². The molecule has 0 aromatic carbocycles. The van der Waals surface area contributed by atoms with Gasteiger partial charge in [-0.15, -0.1) is 0 Å². The molecule has 1 aromatic heterocycles. The average Bonchev–Trinajstić information content (AvgIpc) is 2.27. The van der Waals surface area contributed by atoms with E-state index in [-0.39, 0.29) is 5.97 Å². The Morgan fingerprint density at radius 2 is 2.24 bits per heavy atom. The van der Waals surface area contributed by atoms with Crippen molar-refractivity contribution in [2.24, 2.45) is 0 Å². The minimum Gasteiger partial charge on any atom is -0.462 e. The summed E-state index contributed by atoms with van der Waals surface area (Å²) in [5.41, 5.74) is 2.15. The van der Waals surface area contributed by atoms with Crippen LogP contribution in [0.1, 0.15) is 18.2 Å². The molecule has 0 bridgehead atoms. The molecule has 0 N–H and O–H groups in total. The highest BCUT2D eigenvalue weighted by Gasteiger charge is 2.15. The lowest BCUT2D eigenvalue weighted by molar-refractivity contribution is -0.136. The van der Waals surface area contributed by atoms with Crippen molar-refractivity contribution in [2.45, 2.75) is 13.8 Å². The molecule has 1 aromatic rings. The van der Waals surface area contributed by atoms with Gasteiger partial charge in [0.25, 0.3) is 0 Å². The van der Waals surface area contributed by atoms with Gasteiger partial charge in [-0.05, 0) is 19.9 Å². The van der Waals surface area contributed by atoms with Gasteiger partial charge in [-0.3, -0.25) is 4.98 Å². The van der Waals surface area contributed by atoms with E-state index < -0.39 is 0 Å². The van der Waals surface area contributed by atoms with Crippen LogP contribution < -0.4 is 0 Å². The third kappa shape index (κ3) is 3.59. The monoisotopic (exact) mass is 234 g/mol. The van der Waals surface area contributed by atoms with Crippen LogP contribution >= 0.6 is 0 Å². The number of pyridine rings is 1. The molecule has 0 saturated carbocycles. The van der Waals surface area contributed by atoms with E-state index in [0.717, 1.165) is 11.3 Å². The van der Waals surface area contributed by atoms with E-state index in [0.29, 0.717) is 12.2 Å². The number of ether oxygens (including phenoxy) is 1. The lowest BCUT2D eigenvalue weighted by atomic mass is 10.1. The van der Waals surface area contributed by atoms with Crippen molar-refractivity contribution in [2.75, 3.05) is 20.7 Å². The first-order valence-corrected chi connectivity index (χ1v) is 5.53. The molecule has 1 rings (SSSR count). The SMILES string of the molecule is CCOC(=O)/C(=C\N(C)C)c1cccnc1C. The smallest absolute Gasteiger partial charge is 0.340 e. The number of rotatable bonds is 4. The second-order valence-corrected chi connectivity index (χ2v) is 3.86. The number of hydrogen-bond donors (Lipinski definition) is 0. The highest BCUT2D eigenvalue weighted by atomic mass is 16.5. The summed E-state index contributed by atoms with van der Waals surface area (Å²) < 4.78 is 5.05. The van der Waals surface area contributed by atoms with E-state index in [9.17, 15) is 4.79 Å². The first-order chi connectivity index (χ1) is 8.06. The summed E-state index contributed by atoms with van der Waals surface area (Å²) in [5.74, 6) is -0.322. The largest absolute Gasteiger partial charge is 0.462 e. The first-order valence-electron chi connectivity index (χ1n) is 5.53. The Kier molecular flexibility index (Phi) is 4.69. The summed E-state index contributed by atoms with van der Waals surface area (Å²) in [7, 11) is 3.73. The van der Waals surface area contributed by atoms with Crippen LogP contribution in [0.25, 0.3) is 5.57 Å². The van der Waals surface area contributed by atoms with E-state index in [4.69, 9.17) is 4.74 Å². The van der Waals surface area contributed by atoms with Crippen LogP contribution in [0.3, 0.4) is 0 Å². The summed E-state index contributed by atoms with van der Waals surface area (Å²) in [6, 6.07) is 3.68. The second-order valence-electron chi connectivity index (χ2n) is 3.86. The Morgan fingerprint density at radius 3 is 2.76 bits per heavy atom. The number of hydrogen-bond acceptors (Lipinski definition) is 4. The molecule has 92 valence electrons. The average molecular weight is 234 g/mol. The third-order valence-corrected chi connectivity index (χ3v) is 2.18. The van der Waals surface area contributed by atoms with Crippen LogP contribution in [-0.2, 0) is 9.53 Å². The zero-order valence-corrected chi connectivity index (χ0v) is 10.7. The van der Waals surface area contributed by atoms with Gasteiger partial charge >= 0.3 is 5.97 Å². The Morgan fingerprint density at radius 1 is 1.53 bits per heavy atom. The third-order valence-electron chi connectivity index (χ3n) is 2.18. The molecular weight excluding hydrogens is 216 g/mol. The van der Waals surface area contributed by atoms with Gasteiger partial charge in [0.05, 0.1) is 12.2 Å². The van der Waals surface area contributed by atoms with Crippen LogP contribution in [-0.4, -0.2) is 36.6 Å². The van der Waals surface area contributed by atoms with Crippen molar-refractivity contribution in [1.82, 2.24) is 9.88 Å². The van der Waals surface area contributed by atoms with Gasteiger partial charge in [0, 0.05) is 37.7 Å². The topological polar surface area (TPSA) is 42.4 Å². The lowest BCUT2D eigenvalue weighted by Crippen LogP contribution is -2.12. The van der Waals surface area contributed by atoms with Crippen molar-refractivity contribution < 1.29 is 9.53 Å². The van der Waals surface area contributed by atoms with Crippen LogP contribution in [0, 0.1) is 6.92 Å². The highest BCUT2D eigenvalue weighted by Crippen LogP contribution is 2.18. The van der Waals surface area contributed by atoms with E-state index in [1.807, 2.05) is 38.1 Å². The number of nitrogens with zero attached hydrogens (tertiary/aromatic N) is 2. The molecule has 17 heavy (non-hydrogen) atoms. The van der Waals surface area contributed by atoms with E-state index in [1.165, 1.54) is 0 Å². The standard InChI is InChI=1S/C13H18N2O2/c1-5-17-13(16)12(9-15(3)4)11-7-6-8-14-10(11)2/h6-9H,5H2,1-4H3/b12-9-. The molecule has 0 radical (unpaired) electrons. The van der Waals surface area contributed by atoms with Gasteiger partial charge < -0.3 is 9.64 Å². The number of aryl methyl sites for hydroxylation is 1. The molecule has 1 heterocycles. The first kappa shape index (κ1) is 13.2. The quantitative estimate of drug-likeness (QED) is 0.589. The number of esters is 1. The fourth-order valence-corrected chi connectivity index (χ4v) is 1.47. The normalized spacial score (nSPS) is 11.2. The van der Waals surface area contributed by atoms with Crippen molar-refractivity contribution >= 4 is 11.5 Å². The molecular formula is C13H18N2O2. The maximum Gasteiger partial charge on any atom is 0.340 e. The minimum absolute atomic E-state index is 0.322. The Bertz CT molecular complexity index is 425. The fraction of sp³-hybridized carbons (Fsp3) is 0.385. The summed E-state index contributed by atoms with van der Waals surface area (Å²) in [4.78, 5) is 17.9. The fourth-order valence-electron chi connectivity index (χ4n) is 1.47. The highest BCUT2D eigenvalue weighted by molar-refractivity contribution is 6.16. The molecule has 0 spiro atoms. The van der Waals surface area contributed by atoms with Crippen LogP contribution in [0.5, 0.6) is 0 Å². The molecule has 0 aliphatic heterocycles. The summed E-state index contributed by atoms with van der Waals surface area (Å²) >= 11 is 0. The lowest BCUT2D eigenvalue weighted by Gasteiger charge is -2.12. The van der Waals surface area contributed by atoms with Crippen LogP contribution in [0.4, 0.5) is 0 Å². The Hall–Kier alpha value is -1.84. The molecule has 0 aliphatic rings. The molecule has 4 nitrogen and oxygen atoms in total. The van der Waals surface area contributed by atoms with E-state index >= 15 is 0 Å². The number of carbonyl (C=O) groups excluding carboxylic acids is 1. The van der Waals surface area contributed by atoms with Crippen LogP contribution in [0.2, 0.25) is 0 Å². The molecule has 0 unspecified atom stereocenters. The van der Waals surface area contributed by atoms with Crippen molar-refractivity contribution in [3.63, 3.8) is 0 Å². The molecule has 4 heteroatoms. The molecule has 0 amide bonds. The maximum absolute atomic E-state index is 11.9. The van der Waals surface area contributed by atoms with Gasteiger partial charge in [0.15, 0.2) is 0 Å². The van der Waals surface area contributed by atoms with Gasteiger partial charge in [-0.2, -0.15) is 0 Å². The van der Waals surface area contributed by atoms with Gasteiger partial charge in [0.2, 0.25) is 0 Å². The number of aromatic nitrogens is 1. The molecule has 0 atom stereocenters. The van der Waals surface area contributed by atoms with Gasteiger partial charge in [0.1, 0.15) is 0 Å². The molecule has 0 fully saturated rings. The van der Waals surface area contributed by atoms with Crippen molar-refractivity contribution in [3.05, 3.63) is 35.8 Å². The zero-order chi connectivity index (χ0) is 12.8. The molecule has 0 aliphatic carbocycles. The number of carbonyl (C=O) groups is 1. The van der Waals surface area contributed by atoms with Crippen molar-refractivity contribution in [1.29, 1.82) is 0 Å². The maximum atomic E-state index is 11.9. The summed E-state index contributed by atoms with van der Waals surface area (Å²) in [6.07, 6.45) is 3.46. The minimum atomic E-state index is -0.322. The van der Waals surface area contributed by atoms with Gasteiger partial charge in [-0.25, -0.2) is 4.79 Å². The predicted octanol–water partition coefficient (Wildman–Crippen LogP) is 1.86. The van der Waals surface area contributed by atoms with Crippen LogP contribution in [0.15, 0.2) is 24.5 Å². The van der Waals surface area contributed by atoms with Gasteiger partial charge in [-0.1, -0.05) is 6.07 Å². The second kappa shape index (κ2) is 6.03. The Balaban J connectivity index is 3.16.